The maximum Gasteiger partial charge on any atom is 0.167 e. The summed E-state index contributed by atoms with van der Waals surface area (Å²) in [6, 6.07) is 0. The Balaban J connectivity index is 1.97. The van der Waals surface area contributed by atoms with Crippen LogP contribution < -0.4 is 5.73 Å². The molecule has 0 spiro atoms. The number of nitrogens with two attached hydrogens (primary N) is 1. The van der Waals surface area contributed by atoms with Crippen LogP contribution in [0.2, 0.25) is 0 Å². The van der Waals surface area contributed by atoms with Crippen LogP contribution in [0.1, 0.15) is 6.23 Å². The standard InChI is InChI=1S/C11H15N5O4S/c1-18-8-5(2-19-21)20-11(7(8)17)16-4-15-6-9(12)13-3-14-10(6)16/h3-5,7-8,11,17,21H,2H2,1H3,(H2,12,13,14)/t5-,7+,8-,11-/m1/s1. The Labute approximate surface area is 125 Å². The van der Waals surface area contributed by atoms with Crippen LogP contribution in [0.3, 0.4) is 0 Å². The van der Waals surface area contributed by atoms with Gasteiger partial charge in [0.15, 0.2) is 17.7 Å². The number of imidazole rings is 1. The number of ether oxygens (including phenoxy) is 2. The Hall–Kier alpha value is -1.46. The average Bonchev–Trinajstić information content (AvgIpc) is 3.02. The molecule has 2 aromatic rings. The van der Waals surface area contributed by atoms with Crippen molar-refractivity contribution in [2.45, 2.75) is 24.5 Å². The molecule has 0 radical (unpaired) electrons. The molecule has 0 aliphatic carbocycles. The van der Waals surface area contributed by atoms with Crippen molar-refractivity contribution < 1.29 is 18.8 Å². The minimum atomic E-state index is -0.905. The fourth-order valence-electron chi connectivity index (χ4n) is 2.50. The largest absolute Gasteiger partial charge is 0.386 e. The molecule has 1 aliphatic heterocycles. The molecule has 1 saturated heterocycles. The molecule has 0 unspecified atom stereocenters. The number of aromatic nitrogens is 4. The predicted molar refractivity (Wildman–Crippen MR) is 75.4 cm³/mol. The fourth-order valence-corrected chi connectivity index (χ4v) is 2.65. The van der Waals surface area contributed by atoms with Crippen molar-refractivity contribution in [3.05, 3.63) is 12.7 Å². The van der Waals surface area contributed by atoms with Crippen molar-refractivity contribution in [2.24, 2.45) is 0 Å². The molecule has 0 bridgehead atoms. The summed E-state index contributed by atoms with van der Waals surface area (Å²) < 4.78 is 17.4. The van der Waals surface area contributed by atoms with E-state index in [1.807, 2.05) is 0 Å². The van der Waals surface area contributed by atoms with E-state index in [0.29, 0.717) is 11.2 Å². The van der Waals surface area contributed by atoms with Crippen molar-refractivity contribution >= 4 is 29.9 Å². The van der Waals surface area contributed by atoms with Crippen molar-refractivity contribution in [3.8, 4) is 0 Å². The summed E-state index contributed by atoms with van der Waals surface area (Å²) in [5.41, 5.74) is 6.68. The van der Waals surface area contributed by atoms with E-state index in [4.69, 9.17) is 19.4 Å². The van der Waals surface area contributed by atoms with Gasteiger partial charge in [0.2, 0.25) is 0 Å². The molecule has 2 aromatic heterocycles. The summed E-state index contributed by atoms with van der Waals surface area (Å²) in [5, 5.41) is 10.4. The molecule has 1 aliphatic rings. The molecule has 3 N–H and O–H groups in total. The number of hydrogen-bond acceptors (Lipinski definition) is 9. The molecular weight excluding hydrogens is 298 g/mol. The van der Waals surface area contributed by atoms with Gasteiger partial charge in [-0.1, -0.05) is 0 Å². The smallest absolute Gasteiger partial charge is 0.167 e. The van der Waals surface area contributed by atoms with E-state index in [2.05, 4.69) is 27.9 Å². The third-order valence-electron chi connectivity index (χ3n) is 3.48. The van der Waals surface area contributed by atoms with E-state index < -0.39 is 24.5 Å². The third kappa shape index (κ3) is 2.34. The van der Waals surface area contributed by atoms with Crippen molar-refractivity contribution in [2.75, 3.05) is 19.5 Å². The minimum Gasteiger partial charge on any atom is -0.386 e. The first-order valence-corrected chi connectivity index (χ1v) is 6.59. The van der Waals surface area contributed by atoms with E-state index >= 15 is 0 Å². The molecule has 114 valence electrons. The SMILES string of the molecule is CO[C@H]1[C@H](O)[C@H](n2cnc3c(N)ncnc32)O[C@@H]1COS. The second-order valence-corrected chi connectivity index (χ2v) is 4.89. The molecular formula is C11H15N5O4S. The van der Waals surface area contributed by atoms with E-state index in [9.17, 15) is 5.11 Å². The summed E-state index contributed by atoms with van der Waals surface area (Å²) in [7, 11) is 1.50. The first-order valence-electron chi connectivity index (χ1n) is 6.23. The molecule has 0 saturated carbocycles. The quantitative estimate of drug-likeness (QED) is 0.513. The molecule has 21 heavy (non-hydrogen) atoms. The number of fused-ring (bicyclic) bond motifs is 1. The van der Waals surface area contributed by atoms with Gasteiger partial charge in [0.1, 0.15) is 30.2 Å². The van der Waals surface area contributed by atoms with Gasteiger partial charge >= 0.3 is 0 Å². The van der Waals surface area contributed by atoms with Crippen LogP contribution in [0, 0.1) is 0 Å². The van der Waals surface area contributed by atoms with Crippen molar-refractivity contribution in [3.63, 3.8) is 0 Å². The lowest BCUT2D eigenvalue weighted by atomic mass is 10.1. The van der Waals surface area contributed by atoms with Gasteiger partial charge < -0.3 is 24.5 Å². The molecule has 0 aromatic carbocycles. The molecule has 3 heterocycles. The van der Waals surface area contributed by atoms with Gasteiger partial charge in [-0.15, -0.1) is 0 Å². The number of aliphatic hydroxyl groups is 1. The Bertz CT molecular complexity index is 638. The van der Waals surface area contributed by atoms with E-state index in [0.717, 1.165) is 0 Å². The lowest BCUT2D eigenvalue weighted by Crippen LogP contribution is -2.35. The Kier molecular flexibility index (Phi) is 3.95. The first kappa shape index (κ1) is 14.5. The van der Waals surface area contributed by atoms with Crippen LogP contribution in [0.4, 0.5) is 5.82 Å². The normalized spacial score (nSPS) is 29.3. The minimum absolute atomic E-state index is 0.179. The Morgan fingerprint density at radius 3 is 3.00 bits per heavy atom. The zero-order valence-electron chi connectivity index (χ0n) is 11.2. The maximum absolute atomic E-state index is 10.4. The molecule has 0 amide bonds. The maximum atomic E-state index is 10.4. The summed E-state index contributed by atoms with van der Waals surface area (Å²) >= 11 is 3.71. The number of aliphatic hydroxyl groups excluding tert-OH is 1. The highest BCUT2D eigenvalue weighted by Crippen LogP contribution is 2.33. The number of methoxy groups -OCH3 is 1. The van der Waals surface area contributed by atoms with Crippen LogP contribution in [-0.4, -0.2) is 56.7 Å². The summed E-state index contributed by atoms with van der Waals surface area (Å²) in [5.74, 6) is 0.268. The zero-order chi connectivity index (χ0) is 15.0. The molecule has 9 nitrogen and oxygen atoms in total. The number of hydrogen-bond donors (Lipinski definition) is 3. The fraction of sp³-hybridized carbons (Fsp3) is 0.545. The Morgan fingerprint density at radius 1 is 1.48 bits per heavy atom. The second-order valence-electron chi connectivity index (χ2n) is 4.63. The lowest BCUT2D eigenvalue weighted by Gasteiger charge is -2.18. The van der Waals surface area contributed by atoms with Gasteiger partial charge in [-0.2, -0.15) is 0 Å². The number of anilines is 1. The number of nitrogens with zero attached hydrogens (tertiary/aromatic N) is 4. The zero-order valence-corrected chi connectivity index (χ0v) is 12.1. The summed E-state index contributed by atoms with van der Waals surface area (Å²) in [6.45, 7) is 0.179. The molecule has 1 fully saturated rings. The highest BCUT2D eigenvalue weighted by Gasteiger charge is 2.45. The van der Waals surface area contributed by atoms with Crippen molar-refractivity contribution in [1.29, 1.82) is 0 Å². The highest BCUT2D eigenvalue weighted by molar-refractivity contribution is 7.75. The third-order valence-corrected chi connectivity index (χ3v) is 3.63. The van der Waals surface area contributed by atoms with Gasteiger partial charge in [-0.05, 0) is 12.9 Å². The molecule has 10 heteroatoms. The van der Waals surface area contributed by atoms with Gasteiger partial charge in [-0.3, -0.25) is 4.57 Å². The second kappa shape index (κ2) is 5.73. The molecule has 3 rings (SSSR count). The highest BCUT2D eigenvalue weighted by atomic mass is 32.1. The van der Waals surface area contributed by atoms with Crippen LogP contribution in [0.5, 0.6) is 0 Å². The monoisotopic (exact) mass is 313 g/mol. The predicted octanol–water partition coefficient (Wildman–Crippen LogP) is -0.457. The van der Waals surface area contributed by atoms with Crippen molar-refractivity contribution in [1.82, 2.24) is 19.5 Å². The van der Waals surface area contributed by atoms with Crippen LogP contribution in [-0.2, 0) is 13.7 Å². The van der Waals surface area contributed by atoms with Crippen LogP contribution in [0.15, 0.2) is 12.7 Å². The number of nitrogen functional groups attached to an aromatic ring is 1. The van der Waals surface area contributed by atoms with Gasteiger partial charge in [0.25, 0.3) is 0 Å². The van der Waals surface area contributed by atoms with E-state index in [1.54, 1.807) is 4.57 Å². The van der Waals surface area contributed by atoms with Crippen LogP contribution >= 0.6 is 12.9 Å². The van der Waals surface area contributed by atoms with Gasteiger partial charge in [0, 0.05) is 7.11 Å². The number of rotatable bonds is 4. The lowest BCUT2D eigenvalue weighted by molar-refractivity contribution is -0.0466. The van der Waals surface area contributed by atoms with Crippen LogP contribution in [0.25, 0.3) is 11.2 Å². The summed E-state index contributed by atoms with van der Waals surface area (Å²) in [6.07, 6.45) is 0.224. The first-order chi connectivity index (χ1) is 10.2. The average molecular weight is 313 g/mol. The van der Waals surface area contributed by atoms with E-state index in [1.165, 1.54) is 19.8 Å². The molecule has 4 atom stereocenters. The Morgan fingerprint density at radius 2 is 2.29 bits per heavy atom. The number of thiol groups is 1. The van der Waals surface area contributed by atoms with Gasteiger partial charge in [-0.25, -0.2) is 15.0 Å². The van der Waals surface area contributed by atoms with E-state index in [-0.39, 0.29) is 12.4 Å². The van der Waals surface area contributed by atoms with Gasteiger partial charge in [0.05, 0.1) is 12.9 Å². The topological polar surface area (TPSA) is 118 Å². The summed E-state index contributed by atoms with van der Waals surface area (Å²) in [4.78, 5) is 12.2.